The second kappa shape index (κ2) is 5.40. The molecule has 0 saturated heterocycles. The molecular formula is C15H15N3O. The van der Waals surface area contributed by atoms with Crippen molar-refractivity contribution >= 4 is 5.69 Å². The molecule has 4 nitrogen and oxygen atoms in total. The molecule has 0 spiro atoms. The molecule has 96 valence electrons. The van der Waals surface area contributed by atoms with Crippen molar-refractivity contribution in [3.8, 4) is 11.8 Å². The summed E-state index contributed by atoms with van der Waals surface area (Å²) < 4.78 is 5.65. The number of nitrogen functional groups attached to an aromatic ring is 1. The van der Waals surface area contributed by atoms with Crippen LogP contribution in [0.4, 0.5) is 5.69 Å². The molecule has 0 saturated carbocycles. The maximum Gasteiger partial charge on any atom is 0.137 e. The Balaban J connectivity index is 2.20. The zero-order valence-electron chi connectivity index (χ0n) is 11.0. The number of ether oxygens (including phenoxy) is 1. The molecule has 0 atom stereocenters. The van der Waals surface area contributed by atoms with Crippen molar-refractivity contribution in [1.82, 2.24) is 4.98 Å². The number of rotatable bonds is 3. The van der Waals surface area contributed by atoms with Crippen molar-refractivity contribution in [3.05, 3.63) is 52.8 Å². The number of benzene rings is 1. The minimum absolute atomic E-state index is 0.301. The lowest BCUT2D eigenvalue weighted by atomic mass is 10.1. The van der Waals surface area contributed by atoms with Crippen LogP contribution in [0.2, 0.25) is 0 Å². The fraction of sp³-hybridized carbons (Fsp3) is 0.200. The van der Waals surface area contributed by atoms with Crippen LogP contribution < -0.4 is 10.5 Å². The van der Waals surface area contributed by atoms with E-state index < -0.39 is 0 Å². The van der Waals surface area contributed by atoms with E-state index in [4.69, 9.17) is 15.7 Å². The van der Waals surface area contributed by atoms with Gasteiger partial charge in [-0.25, -0.2) is 0 Å². The summed E-state index contributed by atoms with van der Waals surface area (Å²) in [5, 5.41) is 8.99. The summed E-state index contributed by atoms with van der Waals surface area (Å²) in [5.41, 5.74) is 9.88. The molecule has 0 aliphatic rings. The molecule has 0 bridgehead atoms. The highest BCUT2D eigenvalue weighted by atomic mass is 16.5. The predicted octanol–water partition coefficient (Wildman–Crippen LogP) is 2.73. The smallest absolute Gasteiger partial charge is 0.137 e. The lowest BCUT2D eigenvalue weighted by Gasteiger charge is -2.11. The largest absolute Gasteiger partial charge is 0.486 e. The fourth-order valence-corrected chi connectivity index (χ4v) is 1.77. The lowest BCUT2D eigenvalue weighted by Crippen LogP contribution is -2.05. The minimum atomic E-state index is 0.301. The van der Waals surface area contributed by atoms with Crippen molar-refractivity contribution in [2.45, 2.75) is 20.5 Å². The van der Waals surface area contributed by atoms with Crippen molar-refractivity contribution < 1.29 is 4.74 Å². The van der Waals surface area contributed by atoms with E-state index in [-0.39, 0.29) is 0 Å². The molecule has 2 N–H and O–H groups in total. The second-order valence-electron chi connectivity index (χ2n) is 4.32. The highest BCUT2D eigenvalue weighted by Gasteiger charge is 2.08. The summed E-state index contributed by atoms with van der Waals surface area (Å²) in [6, 6.07) is 9.23. The topological polar surface area (TPSA) is 71.9 Å². The lowest BCUT2D eigenvalue weighted by molar-refractivity contribution is 0.299. The van der Waals surface area contributed by atoms with E-state index in [1.54, 1.807) is 24.4 Å². The Bertz CT molecular complexity index is 644. The van der Waals surface area contributed by atoms with Gasteiger partial charge in [-0.1, -0.05) is 12.1 Å². The van der Waals surface area contributed by atoms with E-state index in [9.17, 15) is 0 Å². The van der Waals surface area contributed by atoms with Gasteiger partial charge in [-0.3, -0.25) is 4.98 Å². The van der Waals surface area contributed by atoms with Gasteiger partial charge in [-0.15, -0.1) is 0 Å². The Hall–Kier alpha value is -2.54. The molecule has 19 heavy (non-hydrogen) atoms. The van der Waals surface area contributed by atoms with Crippen LogP contribution in [0.3, 0.4) is 0 Å². The van der Waals surface area contributed by atoms with Crippen molar-refractivity contribution in [3.63, 3.8) is 0 Å². The third kappa shape index (κ3) is 2.66. The maximum atomic E-state index is 8.99. The van der Waals surface area contributed by atoms with Gasteiger partial charge in [0.2, 0.25) is 0 Å². The van der Waals surface area contributed by atoms with Gasteiger partial charge in [0.15, 0.2) is 0 Å². The summed E-state index contributed by atoms with van der Waals surface area (Å²) in [7, 11) is 0. The monoisotopic (exact) mass is 253 g/mol. The van der Waals surface area contributed by atoms with Gasteiger partial charge in [-0.05, 0) is 37.1 Å². The van der Waals surface area contributed by atoms with Gasteiger partial charge in [0.25, 0.3) is 0 Å². The van der Waals surface area contributed by atoms with Gasteiger partial charge in [-0.2, -0.15) is 5.26 Å². The van der Waals surface area contributed by atoms with Gasteiger partial charge in [0, 0.05) is 11.9 Å². The van der Waals surface area contributed by atoms with Crippen LogP contribution in [-0.4, -0.2) is 4.98 Å². The van der Waals surface area contributed by atoms with E-state index in [0.29, 0.717) is 17.9 Å². The molecule has 1 aromatic heterocycles. The molecule has 0 fully saturated rings. The normalized spacial score (nSPS) is 9.95. The number of nitriles is 1. The van der Waals surface area contributed by atoms with E-state index in [2.05, 4.69) is 11.1 Å². The molecule has 0 amide bonds. The molecule has 1 aromatic carbocycles. The molecular weight excluding hydrogens is 238 g/mol. The first kappa shape index (κ1) is 12.9. The van der Waals surface area contributed by atoms with Gasteiger partial charge in [0.05, 0.1) is 11.3 Å². The Morgan fingerprint density at radius 3 is 2.79 bits per heavy atom. The van der Waals surface area contributed by atoms with E-state index >= 15 is 0 Å². The first-order chi connectivity index (χ1) is 9.13. The second-order valence-corrected chi connectivity index (χ2v) is 4.32. The number of aromatic nitrogens is 1. The van der Waals surface area contributed by atoms with Crippen LogP contribution in [-0.2, 0) is 6.61 Å². The first-order valence-corrected chi connectivity index (χ1v) is 5.96. The number of para-hydroxylation sites is 1. The number of aryl methyl sites for hydroxylation is 1. The Labute approximate surface area is 112 Å². The molecule has 2 aromatic rings. The molecule has 1 heterocycles. The summed E-state index contributed by atoms with van der Waals surface area (Å²) in [5.74, 6) is 0.561. The van der Waals surface area contributed by atoms with E-state index in [0.717, 1.165) is 22.5 Å². The zero-order valence-corrected chi connectivity index (χ0v) is 11.0. The highest BCUT2D eigenvalue weighted by molar-refractivity contribution is 5.53. The minimum Gasteiger partial charge on any atom is -0.486 e. The Morgan fingerprint density at radius 1 is 1.32 bits per heavy atom. The number of hydrogen-bond donors (Lipinski definition) is 1. The zero-order chi connectivity index (χ0) is 13.8. The van der Waals surface area contributed by atoms with Crippen LogP contribution in [0.15, 0.2) is 30.5 Å². The molecule has 2 rings (SSSR count). The van der Waals surface area contributed by atoms with Crippen LogP contribution >= 0.6 is 0 Å². The van der Waals surface area contributed by atoms with E-state index in [1.807, 2.05) is 19.9 Å². The van der Waals surface area contributed by atoms with Crippen LogP contribution in [0.1, 0.15) is 22.4 Å². The summed E-state index contributed by atoms with van der Waals surface area (Å²) in [4.78, 5) is 4.32. The fourth-order valence-electron chi connectivity index (χ4n) is 1.77. The molecule has 0 aliphatic carbocycles. The van der Waals surface area contributed by atoms with Crippen molar-refractivity contribution in [2.75, 3.05) is 5.73 Å². The van der Waals surface area contributed by atoms with Crippen molar-refractivity contribution in [2.24, 2.45) is 0 Å². The average molecular weight is 253 g/mol. The molecule has 0 aliphatic heterocycles. The van der Waals surface area contributed by atoms with Crippen LogP contribution in [0, 0.1) is 25.2 Å². The van der Waals surface area contributed by atoms with Crippen LogP contribution in [0.25, 0.3) is 0 Å². The summed E-state index contributed by atoms with van der Waals surface area (Å²) in [6.07, 6.45) is 1.73. The summed E-state index contributed by atoms with van der Waals surface area (Å²) >= 11 is 0. The SMILES string of the molecule is Cc1cnc(COc2ccccc2C#N)c(C)c1N. The third-order valence-electron chi connectivity index (χ3n) is 3.05. The quantitative estimate of drug-likeness (QED) is 0.912. The Kier molecular flexibility index (Phi) is 3.67. The average Bonchev–Trinajstić information content (AvgIpc) is 2.44. The third-order valence-corrected chi connectivity index (χ3v) is 3.05. The van der Waals surface area contributed by atoms with Gasteiger partial charge >= 0.3 is 0 Å². The molecule has 4 heteroatoms. The predicted molar refractivity (Wildman–Crippen MR) is 73.6 cm³/mol. The highest BCUT2D eigenvalue weighted by Crippen LogP contribution is 2.21. The van der Waals surface area contributed by atoms with Gasteiger partial charge < -0.3 is 10.5 Å². The summed E-state index contributed by atoms with van der Waals surface area (Å²) in [6.45, 7) is 4.14. The van der Waals surface area contributed by atoms with E-state index in [1.165, 1.54) is 0 Å². The maximum absolute atomic E-state index is 8.99. The number of nitrogens with two attached hydrogens (primary N) is 1. The first-order valence-electron chi connectivity index (χ1n) is 5.96. The number of nitrogens with zero attached hydrogens (tertiary/aromatic N) is 2. The molecule has 0 unspecified atom stereocenters. The van der Waals surface area contributed by atoms with Gasteiger partial charge in [0.1, 0.15) is 18.4 Å². The Morgan fingerprint density at radius 2 is 2.05 bits per heavy atom. The number of anilines is 1. The van der Waals surface area contributed by atoms with Crippen LogP contribution in [0.5, 0.6) is 5.75 Å². The van der Waals surface area contributed by atoms with Crippen molar-refractivity contribution in [1.29, 1.82) is 5.26 Å². The standard InChI is InChI=1S/C15H15N3O/c1-10-8-18-13(11(2)15(10)17)9-19-14-6-4-3-5-12(14)7-16/h3-6,8H,9H2,1-2H3,(H2,17,18). The number of pyridine rings is 1. The number of hydrogen-bond acceptors (Lipinski definition) is 4. The molecule has 0 radical (unpaired) electrons.